The first-order chi connectivity index (χ1) is 8.36. The van der Waals surface area contributed by atoms with E-state index in [1.807, 2.05) is 11.0 Å². The van der Waals surface area contributed by atoms with Gasteiger partial charge in [-0.05, 0) is 29.7 Å². The first-order valence-electron chi connectivity index (χ1n) is 5.82. The number of halogens is 2. The Kier molecular flexibility index (Phi) is 5.75. The fraction of sp³-hybridized carbons (Fsp3) is 0.462. The Labute approximate surface area is 115 Å². The van der Waals surface area contributed by atoms with Crippen LogP contribution in [0.3, 0.4) is 0 Å². The van der Waals surface area contributed by atoms with E-state index in [1.165, 1.54) is 12.1 Å². The summed E-state index contributed by atoms with van der Waals surface area (Å²) >= 11 is 3.25. The number of carbonyl (C=O) groups is 1. The molecule has 0 aliphatic heterocycles. The fourth-order valence-corrected chi connectivity index (χ4v) is 2.39. The predicted molar refractivity (Wildman–Crippen MR) is 73.4 cm³/mol. The minimum atomic E-state index is -0.369. The summed E-state index contributed by atoms with van der Waals surface area (Å²) in [4.78, 5) is 12.9. The molecule has 0 aliphatic rings. The van der Waals surface area contributed by atoms with Crippen LogP contribution in [0.4, 0.5) is 4.39 Å². The number of primary amides is 1. The SMILES string of the molecule is CC(C)CN(CC(N)=O)Cc1cc(F)cc(Br)c1. The number of hydrogen-bond donors (Lipinski definition) is 1. The van der Waals surface area contributed by atoms with Gasteiger partial charge in [-0.15, -0.1) is 0 Å². The maximum atomic E-state index is 13.3. The van der Waals surface area contributed by atoms with Gasteiger partial charge in [-0.3, -0.25) is 9.69 Å². The zero-order valence-electron chi connectivity index (χ0n) is 10.6. The molecule has 0 fully saturated rings. The maximum absolute atomic E-state index is 13.3. The standard InChI is InChI=1S/C13H18BrFN2O/c1-9(2)6-17(8-13(16)18)7-10-3-11(14)5-12(15)4-10/h3-5,9H,6-8H2,1-2H3,(H2,16,18). The Bertz CT molecular complexity index is 403. The van der Waals surface area contributed by atoms with E-state index in [-0.39, 0.29) is 18.3 Å². The number of nitrogens with two attached hydrogens (primary N) is 1. The van der Waals surface area contributed by atoms with Crippen LogP contribution in [-0.4, -0.2) is 23.9 Å². The second-order valence-corrected chi connectivity index (χ2v) is 5.72. The number of hydrogen-bond acceptors (Lipinski definition) is 2. The molecule has 1 rings (SSSR count). The Morgan fingerprint density at radius 2 is 2.11 bits per heavy atom. The van der Waals surface area contributed by atoms with Crippen molar-refractivity contribution in [3.8, 4) is 0 Å². The molecule has 0 unspecified atom stereocenters. The number of carbonyl (C=O) groups excluding carboxylic acids is 1. The van der Waals surface area contributed by atoms with Crippen LogP contribution >= 0.6 is 15.9 Å². The first-order valence-corrected chi connectivity index (χ1v) is 6.61. The van der Waals surface area contributed by atoms with Gasteiger partial charge in [-0.1, -0.05) is 29.8 Å². The summed E-state index contributed by atoms with van der Waals surface area (Å²) in [5.41, 5.74) is 6.04. The lowest BCUT2D eigenvalue weighted by Gasteiger charge is -2.22. The van der Waals surface area contributed by atoms with Crippen molar-refractivity contribution in [1.29, 1.82) is 0 Å². The van der Waals surface area contributed by atoms with E-state index in [2.05, 4.69) is 29.8 Å². The van der Waals surface area contributed by atoms with Gasteiger partial charge in [0.1, 0.15) is 5.82 Å². The van der Waals surface area contributed by atoms with Crippen molar-refractivity contribution in [1.82, 2.24) is 4.90 Å². The van der Waals surface area contributed by atoms with Crippen LogP contribution in [0.1, 0.15) is 19.4 Å². The van der Waals surface area contributed by atoms with Crippen LogP contribution in [0.5, 0.6) is 0 Å². The van der Waals surface area contributed by atoms with Gasteiger partial charge in [0.2, 0.25) is 5.91 Å². The molecule has 2 N–H and O–H groups in total. The second kappa shape index (κ2) is 6.85. The molecule has 0 heterocycles. The molecule has 0 radical (unpaired) electrons. The predicted octanol–water partition coefficient (Wildman–Crippen LogP) is 2.53. The van der Waals surface area contributed by atoms with Crippen LogP contribution in [0.2, 0.25) is 0 Å². The molecule has 0 aromatic heterocycles. The van der Waals surface area contributed by atoms with E-state index in [9.17, 15) is 9.18 Å². The number of benzene rings is 1. The average molecular weight is 317 g/mol. The van der Waals surface area contributed by atoms with Crippen molar-refractivity contribution in [3.05, 3.63) is 34.1 Å². The van der Waals surface area contributed by atoms with Crippen molar-refractivity contribution in [2.45, 2.75) is 20.4 Å². The van der Waals surface area contributed by atoms with E-state index in [1.54, 1.807) is 0 Å². The lowest BCUT2D eigenvalue weighted by atomic mass is 10.1. The highest BCUT2D eigenvalue weighted by atomic mass is 79.9. The molecule has 0 saturated heterocycles. The molecule has 18 heavy (non-hydrogen) atoms. The summed E-state index contributed by atoms with van der Waals surface area (Å²) < 4.78 is 14.0. The molecule has 100 valence electrons. The highest BCUT2D eigenvalue weighted by molar-refractivity contribution is 9.10. The molecule has 0 atom stereocenters. The largest absolute Gasteiger partial charge is 0.369 e. The molecule has 0 aliphatic carbocycles. The van der Waals surface area contributed by atoms with E-state index in [0.717, 1.165) is 12.1 Å². The zero-order chi connectivity index (χ0) is 13.7. The third-order valence-electron chi connectivity index (χ3n) is 2.33. The van der Waals surface area contributed by atoms with Gasteiger partial charge in [0.25, 0.3) is 0 Å². The molecule has 1 aromatic carbocycles. The summed E-state index contributed by atoms with van der Waals surface area (Å²) in [5.74, 6) is -0.240. The summed E-state index contributed by atoms with van der Waals surface area (Å²) in [5, 5.41) is 0. The fourth-order valence-electron chi connectivity index (χ4n) is 1.88. The normalized spacial score (nSPS) is 11.2. The maximum Gasteiger partial charge on any atom is 0.231 e. The number of rotatable bonds is 6. The van der Waals surface area contributed by atoms with Gasteiger partial charge in [-0.25, -0.2) is 4.39 Å². The van der Waals surface area contributed by atoms with Gasteiger partial charge in [0, 0.05) is 17.6 Å². The lowest BCUT2D eigenvalue weighted by Crippen LogP contribution is -2.35. The van der Waals surface area contributed by atoms with E-state index in [4.69, 9.17) is 5.73 Å². The summed E-state index contributed by atoms with van der Waals surface area (Å²) in [6.07, 6.45) is 0. The van der Waals surface area contributed by atoms with Crippen molar-refractivity contribution in [3.63, 3.8) is 0 Å². The second-order valence-electron chi connectivity index (χ2n) is 4.81. The molecule has 0 saturated carbocycles. The third-order valence-corrected chi connectivity index (χ3v) is 2.79. The molecule has 0 bridgehead atoms. The van der Waals surface area contributed by atoms with Gasteiger partial charge in [-0.2, -0.15) is 0 Å². The summed E-state index contributed by atoms with van der Waals surface area (Å²) in [7, 11) is 0. The topological polar surface area (TPSA) is 46.3 Å². The quantitative estimate of drug-likeness (QED) is 0.876. The van der Waals surface area contributed by atoms with Crippen molar-refractivity contribution in [2.24, 2.45) is 11.7 Å². The highest BCUT2D eigenvalue weighted by Gasteiger charge is 2.11. The minimum absolute atomic E-state index is 0.187. The van der Waals surface area contributed by atoms with Crippen LogP contribution in [0, 0.1) is 11.7 Å². The summed E-state index contributed by atoms with van der Waals surface area (Å²) in [6.45, 7) is 5.58. The van der Waals surface area contributed by atoms with Crippen LogP contribution in [0.25, 0.3) is 0 Å². The first kappa shape index (κ1) is 15.1. The van der Waals surface area contributed by atoms with Crippen LogP contribution in [0.15, 0.2) is 22.7 Å². The molecular formula is C13H18BrFN2O. The monoisotopic (exact) mass is 316 g/mol. The molecule has 3 nitrogen and oxygen atoms in total. The number of nitrogens with zero attached hydrogens (tertiary/aromatic N) is 1. The van der Waals surface area contributed by atoms with Gasteiger partial charge in [0.05, 0.1) is 6.54 Å². The Morgan fingerprint density at radius 1 is 1.44 bits per heavy atom. The Balaban J connectivity index is 2.77. The molecule has 1 amide bonds. The Hall–Kier alpha value is -0.940. The molecule has 0 spiro atoms. The van der Waals surface area contributed by atoms with Gasteiger partial charge >= 0.3 is 0 Å². The van der Waals surface area contributed by atoms with Gasteiger partial charge < -0.3 is 5.73 Å². The number of amides is 1. The average Bonchev–Trinajstić information content (AvgIpc) is 2.12. The van der Waals surface area contributed by atoms with Crippen molar-refractivity contribution < 1.29 is 9.18 Å². The molecule has 5 heteroatoms. The third kappa shape index (κ3) is 5.60. The summed E-state index contributed by atoms with van der Waals surface area (Å²) in [6, 6.07) is 4.72. The highest BCUT2D eigenvalue weighted by Crippen LogP contribution is 2.16. The van der Waals surface area contributed by atoms with Gasteiger partial charge in [0.15, 0.2) is 0 Å². The van der Waals surface area contributed by atoms with E-state index < -0.39 is 0 Å². The van der Waals surface area contributed by atoms with Crippen molar-refractivity contribution in [2.75, 3.05) is 13.1 Å². The molecular weight excluding hydrogens is 299 g/mol. The van der Waals surface area contributed by atoms with E-state index >= 15 is 0 Å². The smallest absolute Gasteiger partial charge is 0.231 e. The van der Waals surface area contributed by atoms with Crippen molar-refractivity contribution >= 4 is 21.8 Å². The van der Waals surface area contributed by atoms with E-state index in [0.29, 0.717) is 16.9 Å². The zero-order valence-corrected chi connectivity index (χ0v) is 12.2. The van der Waals surface area contributed by atoms with Crippen LogP contribution in [-0.2, 0) is 11.3 Å². The Morgan fingerprint density at radius 3 is 2.61 bits per heavy atom. The molecule has 1 aromatic rings. The van der Waals surface area contributed by atoms with Crippen LogP contribution < -0.4 is 5.73 Å². The lowest BCUT2D eigenvalue weighted by molar-refractivity contribution is -0.119. The minimum Gasteiger partial charge on any atom is -0.369 e.